The zero-order valence-electron chi connectivity index (χ0n) is 16.9. The largest absolute Gasteiger partial charge is 0.0985 e. The van der Waals surface area contributed by atoms with Gasteiger partial charge in [0.15, 0.2) is 0 Å². The van der Waals surface area contributed by atoms with E-state index < -0.39 is 0 Å². The summed E-state index contributed by atoms with van der Waals surface area (Å²) < 4.78 is 0. The summed E-state index contributed by atoms with van der Waals surface area (Å²) in [4.78, 5) is 0. The second kappa shape index (κ2) is 7.56. The second-order valence-electron chi connectivity index (χ2n) is 7.53. The molecule has 1 unspecified atom stereocenters. The Morgan fingerprint density at radius 1 is 1.04 bits per heavy atom. The summed E-state index contributed by atoms with van der Waals surface area (Å²) in [5.41, 5.74) is 9.71. The van der Waals surface area contributed by atoms with Crippen molar-refractivity contribution < 1.29 is 0 Å². The lowest BCUT2D eigenvalue weighted by Crippen LogP contribution is -2.29. The maximum Gasteiger partial charge on any atom is 0.0463 e. The lowest BCUT2D eigenvalue weighted by Gasteiger charge is -2.37. The molecule has 0 aliphatic heterocycles. The average molecular weight is 355 g/mol. The molecule has 0 saturated carbocycles. The van der Waals surface area contributed by atoms with Crippen LogP contribution < -0.4 is 0 Å². The maximum absolute atomic E-state index is 4.63. The highest BCUT2D eigenvalue weighted by Gasteiger charge is 2.44. The standard InChI is InChI=1S/C27H30/c1-7-11-20(5)25-18-24-13-10-12-22(8-2)26(24)27(25,9-3)21(6)23-16-14-19(4)15-17-23/h8,10,12-18H,2,5-7,9,11H2,1,3-4H3. The van der Waals surface area contributed by atoms with Crippen LogP contribution in [0.2, 0.25) is 0 Å². The van der Waals surface area contributed by atoms with Crippen LogP contribution in [0, 0.1) is 6.92 Å². The van der Waals surface area contributed by atoms with Crippen molar-refractivity contribution in [1.29, 1.82) is 0 Å². The van der Waals surface area contributed by atoms with E-state index in [9.17, 15) is 0 Å². The highest BCUT2D eigenvalue weighted by molar-refractivity contribution is 5.90. The van der Waals surface area contributed by atoms with Crippen LogP contribution in [0.1, 0.15) is 60.9 Å². The Morgan fingerprint density at radius 3 is 2.33 bits per heavy atom. The van der Waals surface area contributed by atoms with Crippen molar-refractivity contribution in [2.45, 2.75) is 45.4 Å². The number of fused-ring (bicyclic) bond motifs is 1. The van der Waals surface area contributed by atoms with E-state index in [2.05, 4.69) is 89.0 Å². The molecule has 1 aliphatic carbocycles. The van der Waals surface area contributed by atoms with Crippen molar-refractivity contribution in [3.63, 3.8) is 0 Å². The first kappa shape index (κ1) is 19.2. The Balaban J connectivity index is 2.27. The van der Waals surface area contributed by atoms with Crippen LogP contribution in [0.4, 0.5) is 0 Å². The molecule has 0 bridgehead atoms. The summed E-state index contributed by atoms with van der Waals surface area (Å²) in [6.45, 7) is 19.8. The molecule has 2 aromatic rings. The zero-order chi connectivity index (χ0) is 19.6. The molecule has 0 nitrogen and oxygen atoms in total. The van der Waals surface area contributed by atoms with Crippen molar-refractivity contribution in [2.75, 3.05) is 0 Å². The molecule has 0 spiro atoms. The summed E-state index contributed by atoms with van der Waals surface area (Å²) in [6.07, 6.45) is 7.37. The van der Waals surface area contributed by atoms with Gasteiger partial charge in [-0.25, -0.2) is 0 Å². The van der Waals surface area contributed by atoms with Crippen molar-refractivity contribution in [1.82, 2.24) is 0 Å². The molecule has 0 fully saturated rings. The minimum Gasteiger partial charge on any atom is -0.0985 e. The molecule has 3 rings (SSSR count). The Labute approximate surface area is 164 Å². The number of allylic oxidation sites excluding steroid dienone is 3. The average Bonchev–Trinajstić information content (AvgIpc) is 3.04. The SMILES string of the molecule is C=Cc1cccc2c1C(CC)(C(=C)c1ccc(C)cc1)C(C(=C)CCC)=C2. The van der Waals surface area contributed by atoms with E-state index in [1.54, 1.807) is 0 Å². The zero-order valence-corrected chi connectivity index (χ0v) is 16.9. The van der Waals surface area contributed by atoms with Crippen LogP contribution in [-0.2, 0) is 5.41 Å². The van der Waals surface area contributed by atoms with E-state index in [4.69, 9.17) is 0 Å². The van der Waals surface area contributed by atoms with Crippen molar-refractivity contribution in [2.24, 2.45) is 0 Å². The van der Waals surface area contributed by atoms with Gasteiger partial charge < -0.3 is 0 Å². The number of aryl methyl sites for hydroxylation is 1. The fourth-order valence-corrected chi connectivity index (χ4v) is 4.52. The monoisotopic (exact) mass is 354 g/mol. The Hall–Kier alpha value is -2.60. The van der Waals surface area contributed by atoms with Gasteiger partial charge in [-0.05, 0) is 59.2 Å². The van der Waals surface area contributed by atoms with E-state index in [1.165, 1.54) is 39.0 Å². The fraction of sp³-hybridized carbons (Fsp3) is 0.259. The second-order valence-corrected chi connectivity index (χ2v) is 7.53. The molecule has 0 heterocycles. The molecule has 0 aromatic heterocycles. The van der Waals surface area contributed by atoms with Crippen molar-refractivity contribution in [3.8, 4) is 0 Å². The van der Waals surface area contributed by atoms with E-state index in [0.717, 1.165) is 24.8 Å². The van der Waals surface area contributed by atoms with Gasteiger partial charge in [0.1, 0.15) is 0 Å². The summed E-state index contributed by atoms with van der Waals surface area (Å²) in [6, 6.07) is 15.2. The quantitative estimate of drug-likeness (QED) is 0.477. The maximum atomic E-state index is 4.63. The Kier molecular flexibility index (Phi) is 5.37. The molecule has 1 atom stereocenters. The van der Waals surface area contributed by atoms with Gasteiger partial charge in [-0.15, -0.1) is 0 Å². The van der Waals surface area contributed by atoms with Gasteiger partial charge in [-0.2, -0.15) is 0 Å². The van der Waals surface area contributed by atoms with Crippen LogP contribution in [-0.4, -0.2) is 0 Å². The van der Waals surface area contributed by atoms with Gasteiger partial charge in [0.2, 0.25) is 0 Å². The minimum absolute atomic E-state index is 0.248. The van der Waals surface area contributed by atoms with Crippen LogP contribution in [0.5, 0.6) is 0 Å². The normalized spacial score (nSPS) is 18.0. The topological polar surface area (TPSA) is 0 Å². The molecule has 1 aliphatic rings. The van der Waals surface area contributed by atoms with Gasteiger partial charge in [-0.1, -0.05) is 99.7 Å². The number of hydrogen-bond acceptors (Lipinski definition) is 0. The molecule has 0 N–H and O–H groups in total. The third kappa shape index (κ3) is 3.04. The van der Waals surface area contributed by atoms with Gasteiger partial charge in [-0.3, -0.25) is 0 Å². The number of benzene rings is 2. The van der Waals surface area contributed by atoms with Gasteiger partial charge in [0, 0.05) is 5.41 Å². The van der Waals surface area contributed by atoms with E-state index in [0.29, 0.717) is 0 Å². The Bertz CT molecular complexity index is 921. The van der Waals surface area contributed by atoms with Crippen LogP contribution in [0.25, 0.3) is 17.7 Å². The van der Waals surface area contributed by atoms with Crippen LogP contribution in [0.15, 0.2) is 73.3 Å². The molecule has 0 heteroatoms. The highest BCUT2D eigenvalue weighted by Crippen LogP contribution is 2.55. The summed E-state index contributed by atoms with van der Waals surface area (Å²) in [5, 5.41) is 0. The molecule has 27 heavy (non-hydrogen) atoms. The van der Waals surface area contributed by atoms with Crippen LogP contribution >= 0.6 is 0 Å². The third-order valence-electron chi connectivity index (χ3n) is 5.91. The van der Waals surface area contributed by atoms with Crippen LogP contribution in [0.3, 0.4) is 0 Å². The van der Waals surface area contributed by atoms with Gasteiger partial charge in [0.25, 0.3) is 0 Å². The highest BCUT2D eigenvalue weighted by atomic mass is 14.5. The molecular formula is C27H30. The molecule has 2 aromatic carbocycles. The lowest BCUT2D eigenvalue weighted by molar-refractivity contribution is 0.634. The summed E-state index contributed by atoms with van der Waals surface area (Å²) in [5.74, 6) is 0. The number of rotatable bonds is 7. The molecule has 0 radical (unpaired) electrons. The molecular weight excluding hydrogens is 324 g/mol. The van der Waals surface area contributed by atoms with Gasteiger partial charge in [0.05, 0.1) is 0 Å². The van der Waals surface area contributed by atoms with E-state index in [-0.39, 0.29) is 5.41 Å². The predicted molar refractivity (Wildman–Crippen MR) is 121 cm³/mol. The lowest BCUT2D eigenvalue weighted by atomic mass is 9.65. The number of hydrogen-bond donors (Lipinski definition) is 0. The predicted octanol–water partition coefficient (Wildman–Crippen LogP) is 7.75. The molecule has 0 amide bonds. The minimum atomic E-state index is -0.248. The van der Waals surface area contributed by atoms with E-state index in [1.807, 2.05) is 6.08 Å². The van der Waals surface area contributed by atoms with E-state index >= 15 is 0 Å². The fourth-order valence-electron chi connectivity index (χ4n) is 4.52. The summed E-state index contributed by atoms with van der Waals surface area (Å²) in [7, 11) is 0. The smallest absolute Gasteiger partial charge is 0.0463 e. The third-order valence-corrected chi connectivity index (χ3v) is 5.91. The molecule has 0 saturated heterocycles. The van der Waals surface area contributed by atoms with Gasteiger partial charge >= 0.3 is 0 Å². The first-order valence-electron chi connectivity index (χ1n) is 9.92. The summed E-state index contributed by atoms with van der Waals surface area (Å²) >= 11 is 0. The van der Waals surface area contributed by atoms with Crippen molar-refractivity contribution in [3.05, 3.63) is 101 Å². The molecule has 138 valence electrons. The van der Waals surface area contributed by atoms with Crippen molar-refractivity contribution >= 4 is 17.7 Å². The first-order chi connectivity index (χ1) is 13.0. The first-order valence-corrected chi connectivity index (χ1v) is 9.92. The Morgan fingerprint density at radius 2 is 1.74 bits per heavy atom.